The summed E-state index contributed by atoms with van der Waals surface area (Å²) in [6.07, 6.45) is 3.73. The number of benzene rings is 1. The van der Waals surface area contributed by atoms with E-state index in [1.807, 2.05) is 18.2 Å². The zero-order chi connectivity index (χ0) is 11.3. The molecule has 1 aromatic rings. The zero-order valence-corrected chi connectivity index (χ0v) is 9.21. The molecule has 0 bridgehead atoms. The molecule has 3 nitrogen and oxygen atoms in total. The van der Waals surface area contributed by atoms with Gasteiger partial charge in [0.2, 0.25) is 5.91 Å². The number of hydrogen-bond donors (Lipinski definition) is 2. The molecule has 1 amide bonds. The van der Waals surface area contributed by atoms with Crippen molar-refractivity contribution in [3.05, 3.63) is 34.9 Å². The summed E-state index contributed by atoms with van der Waals surface area (Å²) in [5, 5.41) is 3.21. The Morgan fingerprint density at radius 1 is 1.60 bits per heavy atom. The molecule has 0 unspecified atom stereocenters. The first-order valence-corrected chi connectivity index (χ1v) is 4.93. The van der Waals surface area contributed by atoms with Gasteiger partial charge >= 0.3 is 0 Å². The minimum Gasteiger partial charge on any atom is -0.398 e. The number of nitrogens with one attached hydrogen (secondary N) is 1. The Kier molecular flexibility index (Phi) is 4.18. The topological polar surface area (TPSA) is 55.1 Å². The Balaban J connectivity index is 2.57. The lowest BCUT2D eigenvalue weighted by atomic mass is 10.2. The van der Waals surface area contributed by atoms with Gasteiger partial charge in [0, 0.05) is 13.5 Å². The van der Waals surface area contributed by atoms with Gasteiger partial charge in [-0.3, -0.25) is 4.79 Å². The maximum absolute atomic E-state index is 10.6. The minimum absolute atomic E-state index is 0.0460. The number of amides is 1. The van der Waals surface area contributed by atoms with E-state index in [1.165, 1.54) is 6.92 Å². The highest BCUT2D eigenvalue weighted by Crippen LogP contribution is 2.19. The Morgan fingerprint density at radius 2 is 2.33 bits per heavy atom. The number of nitrogen functional groups attached to an aromatic ring is 1. The molecule has 0 saturated carbocycles. The lowest BCUT2D eigenvalue weighted by Gasteiger charge is -1.99. The molecule has 0 radical (unpaired) electrons. The molecule has 0 aliphatic heterocycles. The standard InChI is InChI=1S/C11H13ClN2O/c1-8(15)14-6-2-3-9-4-5-10(12)11(13)7-9/h2-5,7H,6,13H2,1H3,(H,14,15). The van der Waals surface area contributed by atoms with Gasteiger partial charge in [0.25, 0.3) is 0 Å². The van der Waals surface area contributed by atoms with Crippen LogP contribution in [0.25, 0.3) is 6.08 Å². The van der Waals surface area contributed by atoms with Crippen molar-refractivity contribution in [1.82, 2.24) is 5.32 Å². The normalized spacial score (nSPS) is 10.5. The summed E-state index contributed by atoms with van der Waals surface area (Å²) >= 11 is 5.78. The number of carbonyl (C=O) groups excluding carboxylic acids is 1. The van der Waals surface area contributed by atoms with Crippen LogP contribution in [-0.4, -0.2) is 12.5 Å². The van der Waals surface area contributed by atoms with Crippen LogP contribution in [0.5, 0.6) is 0 Å². The highest BCUT2D eigenvalue weighted by Gasteiger charge is 1.94. The van der Waals surface area contributed by atoms with E-state index >= 15 is 0 Å². The maximum atomic E-state index is 10.6. The van der Waals surface area contributed by atoms with Gasteiger partial charge in [-0.2, -0.15) is 0 Å². The lowest BCUT2D eigenvalue weighted by Crippen LogP contribution is -2.19. The molecule has 0 saturated heterocycles. The number of halogens is 1. The molecular formula is C11H13ClN2O. The third-order valence-corrected chi connectivity index (χ3v) is 2.14. The van der Waals surface area contributed by atoms with Crippen molar-refractivity contribution < 1.29 is 4.79 Å². The van der Waals surface area contributed by atoms with E-state index in [0.29, 0.717) is 17.3 Å². The smallest absolute Gasteiger partial charge is 0.217 e. The van der Waals surface area contributed by atoms with Crippen LogP contribution in [0.3, 0.4) is 0 Å². The summed E-state index contributed by atoms with van der Waals surface area (Å²) in [6, 6.07) is 5.39. The van der Waals surface area contributed by atoms with E-state index in [4.69, 9.17) is 17.3 Å². The molecule has 0 fully saturated rings. The number of carbonyl (C=O) groups is 1. The molecule has 3 N–H and O–H groups in total. The molecule has 0 heterocycles. The average Bonchev–Trinajstić information content (AvgIpc) is 2.18. The van der Waals surface area contributed by atoms with Crippen molar-refractivity contribution >= 4 is 29.3 Å². The van der Waals surface area contributed by atoms with Crippen molar-refractivity contribution in [3.8, 4) is 0 Å². The number of anilines is 1. The van der Waals surface area contributed by atoms with Gasteiger partial charge < -0.3 is 11.1 Å². The van der Waals surface area contributed by atoms with Crippen LogP contribution in [0.15, 0.2) is 24.3 Å². The van der Waals surface area contributed by atoms with Crippen LogP contribution in [-0.2, 0) is 4.79 Å². The molecule has 0 aliphatic rings. The van der Waals surface area contributed by atoms with Gasteiger partial charge in [0.05, 0.1) is 10.7 Å². The van der Waals surface area contributed by atoms with Crippen molar-refractivity contribution in [3.63, 3.8) is 0 Å². The van der Waals surface area contributed by atoms with Crippen molar-refractivity contribution in [2.45, 2.75) is 6.92 Å². The van der Waals surface area contributed by atoms with Crippen LogP contribution in [0, 0.1) is 0 Å². The largest absolute Gasteiger partial charge is 0.398 e. The zero-order valence-electron chi connectivity index (χ0n) is 8.46. The molecule has 1 rings (SSSR count). The Morgan fingerprint density at radius 3 is 2.93 bits per heavy atom. The fraction of sp³-hybridized carbons (Fsp3) is 0.182. The first kappa shape index (κ1) is 11.6. The molecule has 80 valence electrons. The molecule has 0 aliphatic carbocycles. The summed E-state index contributed by atoms with van der Waals surface area (Å²) < 4.78 is 0. The van der Waals surface area contributed by atoms with Gasteiger partial charge in [-0.05, 0) is 17.7 Å². The number of hydrogen-bond acceptors (Lipinski definition) is 2. The molecule has 0 spiro atoms. The van der Waals surface area contributed by atoms with Gasteiger partial charge in [0.1, 0.15) is 0 Å². The summed E-state index contributed by atoms with van der Waals surface area (Å²) in [5.41, 5.74) is 7.15. The summed E-state index contributed by atoms with van der Waals surface area (Å²) in [5.74, 6) is -0.0460. The van der Waals surface area contributed by atoms with Crippen LogP contribution in [0.2, 0.25) is 5.02 Å². The fourth-order valence-corrected chi connectivity index (χ4v) is 1.18. The summed E-state index contributed by atoms with van der Waals surface area (Å²) in [6.45, 7) is 1.99. The number of nitrogens with two attached hydrogens (primary N) is 1. The van der Waals surface area contributed by atoms with E-state index < -0.39 is 0 Å². The van der Waals surface area contributed by atoms with E-state index in [0.717, 1.165) is 5.56 Å². The molecule has 1 aromatic carbocycles. The maximum Gasteiger partial charge on any atom is 0.217 e. The first-order chi connectivity index (χ1) is 7.09. The molecule has 0 atom stereocenters. The number of rotatable bonds is 3. The Bertz CT molecular complexity index is 388. The van der Waals surface area contributed by atoms with Crippen LogP contribution in [0.4, 0.5) is 5.69 Å². The first-order valence-electron chi connectivity index (χ1n) is 4.55. The predicted octanol–water partition coefficient (Wildman–Crippen LogP) is 2.07. The molecule has 0 aromatic heterocycles. The van der Waals surface area contributed by atoms with Crippen LogP contribution in [0.1, 0.15) is 12.5 Å². The second kappa shape index (κ2) is 5.41. The lowest BCUT2D eigenvalue weighted by molar-refractivity contribution is -0.118. The molecule has 4 heteroatoms. The third-order valence-electron chi connectivity index (χ3n) is 1.80. The molecular weight excluding hydrogens is 212 g/mol. The SMILES string of the molecule is CC(=O)NCC=Cc1ccc(Cl)c(N)c1. The van der Waals surface area contributed by atoms with E-state index in [2.05, 4.69) is 5.32 Å². The van der Waals surface area contributed by atoms with Gasteiger partial charge in [-0.15, -0.1) is 0 Å². The average molecular weight is 225 g/mol. The highest BCUT2D eigenvalue weighted by molar-refractivity contribution is 6.33. The Hall–Kier alpha value is -1.48. The van der Waals surface area contributed by atoms with Crippen LogP contribution >= 0.6 is 11.6 Å². The minimum atomic E-state index is -0.0460. The van der Waals surface area contributed by atoms with E-state index in [9.17, 15) is 4.79 Å². The van der Waals surface area contributed by atoms with E-state index in [1.54, 1.807) is 12.1 Å². The summed E-state index contributed by atoms with van der Waals surface area (Å²) in [4.78, 5) is 10.6. The second-order valence-electron chi connectivity index (χ2n) is 3.12. The van der Waals surface area contributed by atoms with Gasteiger partial charge in [-0.1, -0.05) is 29.8 Å². The van der Waals surface area contributed by atoms with Crippen molar-refractivity contribution in [2.24, 2.45) is 0 Å². The van der Waals surface area contributed by atoms with Crippen molar-refractivity contribution in [2.75, 3.05) is 12.3 Å². The fourth-order valence-electron chi connectivity index (χ4n) is 1.06. The van der Waals surface area contributed by atoms with E-state index in [-0.39, 0.29) is 5.91 Å². The third kappa shape index (κ3) is 4.04. The van der Waals surface area contributed by atoms with Crippen molar-refractivity contribution in [1.29, 1.82) is 0 Å². The second-order valence-corrected chi connectivity index (χ2v) is 3.53. The monoisotopic (exact) mass is 224 g/mol. The Labute approximate surface area is 93.9 Å². The quantitative estimate of drug-likeness (QED) is 0.773. The van der Waals surface area contributed by atoms with Gasteiger partial charge in [0.15, 0.2) is 0 Å². The highest BCUT2D eigenvalue weighted by atomic mass is 35.5. The van der Waals surface area contributed by atoms with Gasteiger partial charge in [-0.25, -0.2) is 0 Å². The summed E-state index contributed by atoms with van der Waals surface area (Å²) in [7, 11) is 0. The van der Waals surface area contributed by atoms with Crippen LogP contribution < -0.4 is 11.1 Å². The predicted molar refractivity (Wildman–Crippen MR) is 63.6 cm³/mol. The molecule has 15 heavy (non-hydrogen) atoms.